The van der Waals surface area contributed by atoms with Crippen LogP contribution in [0.5, 0.6) is 0 Å². The molecule has 1 rings (SSSR count). The third-order valence-electron chi connectivity index (χ3n) is 1.66. The molecule has 0 aromatic heterocycles. The molecule has 1 saturated heterocycles. The molecule has 1 unspecified atom stereocenters. The van der Waals surface area contributed by atoms with Crippen LogP contribution in [0.4, 0.5) is 0 Å². The number of hydrogen-bond donors (Lipinski definition) is 1. The van der Waals surface area contributed by atoms with E-state index in [0.29, 0.717) is 12.6 Å². The maximum absolute atomic E-state index is 5.34. The summed E-state index contributed by atoms with van der Waals surface area (Å²) < 4.78 is 5.29. The van der Waals surface area contributed by atoms with Gasteiger partial charge in [0.05, 0.1) is 12.7 Å². The van der Waals surface area contributed by atoms with Crippen LogP contribution in [0.1, 0.15) is 13.3 Å². The summed E-state index contributed by atoms with van der Waals surface area (Å²) in [6.07, 6.45) is 3.43. The Morgan fingerprint density at radius 3 is 3.11 bits per heavy atom. The second kappa shape index (κ2) is 2.99. The van der Waals surface area contributed by atoms with Crippen LogP contribution in [0.15, 0.2) is 11.6 Å². The molecule has 1 aliphatic rings. The fourth-order valence-electron chi connectivity index (χ4n) is 1.08. The van der Waals surface area contributed by atoms with Crippen molar-refractivity contribution in [3.63, 3.8) is 0 Å². The molecule has 9 heavy (non-hydrogen) atoms. The van der Waals surface area contributed by atoms with Gasteiger partial charge in [-0.1, -0.05) is 6.08 Å². The lowest BCUT2D eigenvalue weighted by Crippen LogP contribution is -2.03. The van der Waals surface area contributed by atoms with Crippen molar-refractivity contribution in [3.05, 3.63) is 11.6 Å². The predicted octanol–water partition coefficient (Wildman–Crippen LogP) is 0.680. The average molecular weight is 127 g/mol. The zero-order chi connectivity index (χ0) is 6.69. The molecule has 2 nitrogen and oxygen atoms in total. The van der Waals surface area contributed by atoms with E-state index in [1.54, 1.807) is 0 Å². The first-order chi connectivity index (χ1) is 4.34. The van der Waals surface area contributed by atoms with Gasteiger partial charge in [0, 0.05) is 6.54 Å². The Balaban J connectivity index is 2.48. The monoisotopic (exact) mass is 127 g/mol. The largest absolute Gasteiger partial charge is 0.374 e. The molecule has 2 N–H and O–H groups in total. The van der Waals surface area contributed by atoms with Crippen molar-refractivity contribution < 1.29 is 4.74 Å². The second-order valence-electron chi connectivity index (χ2n) is 2.28. The zero-order valence-corrected chi connectivity index (χ0v) is 5.76. The van der Waals surface area contributed by atoms with Gasteiger partial charge in [0.2, 0.25) is 0 Å². The van der Waals surface area contributed by atoms with Gasteiger partial charge in [-0.25, -0.2) is 0 Å². The Morgan fingerprint density at radius 1 is 1.89 bits per heavy atom. The SMILES string of the molecule is CC1OCCC1=CCN. The molecule has 0 bridgehead atoms. The highest BCUT2D eigenvalue weighted by Crippen LogP contribution is 2.17. The van der Waals surface area contributed by atoms with Gasteiger partial charge in [-0.15, -0.1) is 0 Å². The van der Waals surface area contributed by atoms with Crippen molar-refractivity contribution in [3.8, 4) is 0 Å². The van der Waals surface area contributed by atoms with Crippen LogP contribution in [0.3, 0.4) is 0 Å². The highest BCUT2D eigenvalue weighted by Gasteiger charge is 2.14. The Kier molecular flexibility index (Phi) is 2.25. The third-order valence-corrected chi connectivity index (χ3v) is 1.66. The van der Waals surface area contributed by atoms with Gasteiger partial charge in [-0.2, -0.15) is 0 Å². The van der Waals surface area contributed by atoms with Crippen LogP contribution in [0, 0.1) is 0 Å². The predicted molar refractivity (Wildman–Crippen MR) is 37.2 cm³/mol. The molecule has 0 spiro atoms. The van der Waals surface area contributed by atoms with Crippen molar-refractivity contribution >= 4 is 0 Å². The lowest BCUT2D eigenvalue weighted by molar-refractivity contribution is 0.137. The Hall–Kier alpha value is -0.340. The number of rotatable bonds is 1. The van der Waals surface area contributed by atoms with Crippen LogP contribution in [-0.2, 0) is 4.74 Å². The number of hydrogen-bond acceptors (Lipinski definition) is 2. The van der Waals surface area contributed by atoms with Crippen molar-refractivity contribution in [1.29, 1.82) is 0 Å². The smallest absolute Gasteiger partial charge is 0.0758 e. The van der Waals surface area contributed by atoms with E-state index in [2.05, 4.69) is 13.0 Å². The number of ether oxygens (including phenoxy) is 1. The van der Waals surface area contributed by atoms with Crippen LogP contribution >= 0.6 is 0 Å². The highest BCUT2D eigenvalue weighted by molar-refractivity contribution is 5.10. The van der Waals surface area contributed by atoms with Crippen LogP contribution in [0.25, 0.3) is 0 Å². The minimum absolute atomic E-state index is 0.313. The van der Waals surface area contributed by atoms with Crippen molar-refractivity contribution in [2.24, 2.45) is 5.73 Å². The molecular formula is C7H13NO. The fourth-order valence-corrected chi connectivity index (χ4v) is 1.08. The van der Waals surface area contributed by atoms with Gasteiger partial charge in [-0.3, -0.25) is 0 Å². The molecule has 0 saturated carbocycles. The molecule has 1 heterocycles. The summed E-state index contributed by atoms with van der Waals surface area (Å²) in [5.74, 6) is 0. The average Bonchev–Trinajstić information content (AvgIpc) is 2.18. The maximum atomic E-state index is 5.34. The maximum Gasteiger partial charge on any atom is 0.0758 e. The van der Waals surface area contributed by atoms with Gasteiger partial charge in [0.25, 0.3) is 0 Å². The van der Waals surface area contributed by atoms with Crippen LogP contribution in [-0.4, -0.2) is 19.3 Å². The van der Waals surface area contributed by atoms with Crippen molar-refractivity contribution in [2.75, 3.05) is 13.2 Å². The van der Waals surface area contributed by atoms with E-state index in [9.17, 15) is 0 Å². The van der Waals surface area contributed by atoms with E-state index in [1.165, 1.54) is 5.57 Å². The van der Waals surface area contributed by atoms with Gasteiger partial charge in [0.15, 0.2) is 0 Å². The van der Waals surface area contributed by atoms with Gasteiger partial charge < -0.3 is 10.5 Å². The van der Waals surface area contributed by atoms with E-state index in [-0.39, 0.29) is 0 Å². The lowest BCUT2D eigenvalue weighted by Gasteiger charge is -2.01. The van der Waals surface area contributed by atoms with E-state index in [1.807, 2.05) is 0 Å². The fraction of sp³-hybridized carbons (Fsp3) is 0.714. The minimum atomic E-state index is 0.313. The van der Waals surface area contributed by atoms with Gasteiger partial charge >= 0.3 is 0 Å². The first-order valence-corrected chi connectivity index (χ1v) is 3.35. The molecule has 0 aromatic rings. The van der Waals surface area contributed by atoms with Crippen LogP contribution < -0.4 is 5.73 Å². The van der Waals surface area contributed by atoms with Crippen LogP contribution in [0.2, 0.25) is 0 Å². The quantitative estimate of drug-likeness (QED) is 0.526. The molecule has 2 heteroatoms. The van der Waals surface area contributed by atoms with E-state index < -0.39 is 0 Å². The summed E-state index contributed by atoms with van der Waals surface area (Å²) >= 11 is 0. The summed E-state index contributed by atoms with van der Waals surface area (Å²) in [6, 6.07) is 0. The first kappa shape index (κ1) is 6.78. The van der Waals surface area contributed by atoms with E-state index in [0.717, 1.165) is 13.0 Å². The third kappa shape index (κ3) is 1.53. The minimum Gasteiger partial charge on any atom is -0.374 e. The Bertz CT molecular complexity index is 120. The molecule has 0 radical (unpaired) electrons. The molecular weight excluding hydrogens is 114 g/mol. The highest BCUT2D eigenvalue weighted by atomic mass is 16.5. The summed E-state index contributed by atoms with van der Waals surface area (Å²) in [5.41, 5.74) is 6.70. The molecule has 0 aromatic carbocycles. The summed E-state index contributed by atoms with van der Waals surface area (Å²) in [7, 11) is 0. The van der Waals surface area contributed by atoms with E-state index in [4.69, 9.17) is 10.5 Å². The normalized spacial score (nSPS) is 31.8. The number of nitrogens with two attached hydrogens (primary N) is 1. The molecule has 1 atom stereocenters. The van der Waals surface area contributed by atoms with Gasteiger partial charge in [-0.05, 0) is 18.9 Å². The zero-order valence-electron chi connectivity index (χ0n) is 5.76. The van der Waals surface area contributed by atoms with Gasteiger partial charge in [0.1, 0.15) is 0 Å². The first-order valence-electron chi connectivity index (χ1n) is 3.35. The molecule has 52 valence electrons. The topological polar surface area (TPSA) is 35.2 Å². The van der Waals surface area contributed by atoms with Crippen molar-refractivity contribution in [2.45, 2.75) is 19.4 Å². The molecule has 1 fully saturated rings. The standard InChI is InChI=1S/C7H13NO/c1-6-7(2-4-8)3-5-9-6/h2,6H,3-5,8H2,1H3. The molecule has 0 aliphatic carbocycles. The molecule has 0 amide bonds. The Morgan fingerprint density at radius 2 is 2.67 bits per heavy atom. The second-order valence-corrected chi connectivity index (χ2v) is 2.28. The summed E-state index contributed by atoms with van der Waals surface area (Å²) in [4.78, 5) is 0. The summed E-state index contributed by atoms with van der Waals surface area (Å²) in [5, 5.41) is 0. The Labute approximate surface area is 55.7 Å². The molecule has 1 aliphatic heterocycles. The lowest BCUT2D eigenvalue weighted by atomic mass is 10.1. The summed E-state index contributed by atoms with van der Waals surface area (Å²) in [6.45, 7) is 3.57. The van der Waals surface area contributed by atoms with E-state index >= 15 is 0 Å². The van der Waals surface area contributed by atoms with Crippen molar-refractivity contribution in [1.82, 2.24) is 0 Å².